The number of hydrogen-bond acceptors (Lipinski definition) is 3. The average molecular weight is 401 g/mol. The normalized spacial score (nSPS) is 11.5. The maximum atomic E-state index is 6.28. The molecule has 2 aromatic carbocycles. The van der Waals surface area contributed by atoms with Crippen molar-refractivity contribution in [2.75, 3.05) is 6.61 Å². The number of hydrogen-bond donors (Lipinski definition) is 0. The molecule has 0 aliphatic carbocycles. The van der Waals surface area contributed by atoms with Gasteiger partial charge in [0.25, 0.3) is 0 Å². The Bertz CT molecular complexity index is 986. The van der Waals surface area contributed by atoms with Crippen molar-refractivity contribution >= 4 is 12.6 Å². The highest BCUT2D eigenvalue weighted by Crippen LogP contribution is 2.30. The minimum atomic E-state index is -0.354. The van der Waals surface area contributed by atoms with Crippen LogP contribution in [0.15, 0.2) is 60.9 Å². The highest BCUT2D eigenvalue weighted by Gasteiger charge is 2.29. The Labute approximate surface area is 181 Å². The van der Waals surface area contributed by atoms with Crippen molar-refractivity contribution < 1.29 is 9.31 Å². The van der Waals surface area contributed by atoms with Gasteiger partial charge in [-0.05, 0) is 92.0 Å². The molecule has 0 aliphatic rings. The summed E-state index contributed by atoms with van der Waals surface area (Å²) in [6.07, 6.45) is 4.59. The monoisotopic (exact) mass is 401 g/mol. The number of nitrogens with zero attached hydrogens (tertiary/aromatic N) is 1. The van der Waals surface area contributed by atoms with Crippen LogP contribution in [0.3, 0.4) is 0 Å². The second kappa shape index (κ2) is 9.59. The van der Waals surface area contributed by atoms with Gasteiger partial charge < -0.3 is 9.31 Å². The minimum absolute atomic E-state index is 0.230. The van der Waals surface area contributed by atoms with E-state index in [1.165, 1.54) is 33.4 Å². The topological polar surface area (TPSA) is 31.4 Å². The number of aromatic nitrogens is 1. The Morgan fingerprint density at radius 3 is 2.03 bits per heavy atom. The smallest absolute Gasteiger partial charge is 0.408 e. The standard InChI is InChI=1S/C26H32BNO2/c1-7-26(5,6)30-27(29-8-2)23-10-12-25(20(4)18-23)24-11-9-22(17-19(24)3)21-13-15-28-16-14-21/h9-18H,7-8H2,1-6H3. The van der Waals surface area contributed by atoms with Crippen molar-refractivity contribution in [1.82, 2.24) is 4.98 Å². The van der Waals surface area contributed by atoms with Crippen LogP contribution in [0.1, 0.15) is 45.2 Å². The molecule has 4 heteroatoms. The lowest BCUT2D eigenvalue weighted by atomic mass is 9.75. The zero-order valence-corrected chi connectivity index (χ0v) is 19.0. The molecule has 0 aliphatic heterocycles. The van der Waals surface area contributed by atoms with E-state index in [-0.39, 0.29) is 12.7 Å². The second-order valence-electron chi connectivity index (χ2n) is 8.36. The van der Waals surface area contributed by atoms with Crippen LogP contribution >= 0.6 is 0 Å². The molecule has 0 unspecified atom stereocenters. The van der Waals surface area contributed by atoms with E-state index in [1.807, 2.05) is 31.5 Å². The summed E-state index contributed by atoms with van der Waals surface area (Å²) in [5, 5.41) is 0. The van der Waals surface area contributed by atoms with E-state index < -0.39 is 0 Å². The van der Waals surface area contributed by atoms with Crippen LogP contribution in [-0.4, -0.2) is 24.3 Å². The molecule has 0 bridgehead atoms. The van der Waals surface area contributed by atoms with E-state index in [1.54, 1.807) is 0 Å². The highest BCUT2D eigenvalue weighted by molar-refractivity contribution is 6.61. The van der Waals surface area contributed by atoms with Gasteiger partial charge in [0.05, 0.1) is 0 Å². The molecular weight excluding hydrogens is 369 g/mol. The van der Waals surface area contributed by atoms with Gasteiger partial charge in [-0.3, -0.25) is 4.98 Å². The van der Waals surface area contributed by atoms with Gasteiger partial charge in [0, 0.05) is 24.6 Å². The summed E-state index contributed by atoms with van der Waals surface area (Å²) >= 11 is 0. The lowest BCUT2D eigenvalue weighted by molar-refractivity contribution is 0.0706. The predicted molar refractivity (Wildman–Crippen MR) is 127 cm³/mol. The number of aryl methyl sites for hydroxylation is 2. The SMILES string of the molecule is CCOB(OC(C)(C)CC)c1ccc(-c2ccc(-c3ccncc3)cc2C)c(C)c1. The first kappa shape index (κ1) is 22.3. The Kier molecular flexibility index (Phi) is 7.12. The van der Waals surface area contributed by atoms with Crippen LogP contribution < -0.4 is 5.46 Å². The molecule has 0 radical (unpaired) electrons. The molecule has 0 N–H and O–H groups in total. The molecule has 0 saturated heterocycles. The molecule has 3 aromatic rings. The number of pyridine rings is 1. The molecule has 0 amide bonds. The zero-order valence-electron chi connectivity index (χ0n) is 19.0. The van der Waals surface area contributed by atoms with Crippen LogP contribution in [0, 0.1) is 13.8 Å². The van der Waals surface area contributed by atoms with Crippen molar-refractivity contribution in [3.63, 3.8) is 0 Å². The Morgan fingerprint density at radius 2 is 1.47 bits per heavy atom. The van der Waals surface area contributed by atoms with E-state index >= 15 is 0 Å². The van der Waals surface area contributed by atoms with E-state index in [2.05, 4.69) is 76.0 Å². The van der Waals surface area contributed by atoms with Crippen molar-refractivity contribution in [3.8, 4) is 22.3 Å². The van der Waals surface area contributed by atoms with Crippen LogP contribution in [0.5, 0.6) is 0 Å². The number of benzene rings is 2. The molecule has 1 heterocycles. The van der Waals surface area contributed by atoms with Crippen molar-refractivity contribution in [3.05, 3.63) is 72.1 Å². The maximum absolute atomic E-state index is 6.28. The van der Waals surface area contributed by atoms with Gasteiger partial charge in [-0.1, -0.05) is 43.3 Å². The summed E-state index contributed by atoms with van der Waals surface area (Å²) in [7, 11) is -0.354. The predicted octanol–water partition coefficient (Wildman–Crippen LogP) is 5.97. The third-order valence-corrected chi connectivity index (χ3v) is 5.65. The summed E-state index contributed by atoms with van der Waals surface area (Å²) in [6, 6.07) is 17.2. The molecule has 1 aromatic heterocycles. The molecule has 0 fully saturated rings. The summed E-state index contributed by atoms with van der Waals surface area (Å²) in [5.74, 6) is 0. The molecular formula is C26H32BNO2. The van der Waals surface area contributed by atoms with Crippen molar-refractivity contribution in [1.29, 1.82) is 0 Å². The number of rotatable bonds is 8. The summed E-state index contributed by atoms with van der Waals surface area (Å²) in [5.41, 5.74) is 8.18. The fourth-order valence-corrected chi connectivity index (χ4v) is 3.55. The first-order chi connectivity index (χ1) is 14.3. The first-order valence-corrected chi connectivity index (χ1v) is 10.8. The summed E-state index contributed by atoms with van der Waals surface area (Å²) in [6.45, 7) is 13.3. The van der Waals surface area contributed by atoms with Crippen molar-refractivity contribution in [2.24, 2.45) is 0 Å². The van der Waals surface area contributed by atoms with E-state index in [0.29, 0.717) is 6.61 Å². The second-order valence-corrected chi connectivity index (χ2v) is 8.36. The van der Waals surface area contributed by atoms with Crippen LogP contribution in [0.2, 0.25) is 0 Å². The molecule has 0 saturated carbocycles. The fourth-order valence-electron chi connectivity index (χ4n) is 3.55. The minimum Gasteiger partial charge on any atom is -0.408 e. The summed E-state index contributed by atoms with van der Waals surface area (Å²) in [4.78, 5) is 4.11. The molecule has 3 nitrogen and oxygen atoms in total. The van der Waals surface area contributed by atoms with Crippen LogP contribution in [0.4, 0.5) is 0 Å². The van der Waals surface area contributed by atoms with Gasteiger partial charge in [-0.25, -0.2) is 0 Å². The first-order valence-electron chi connectivity index (χ1n) is 10.8. The van der Waals surface area contributed by atoms with E-state index in [9.17, 15) is 0 Å². The van der Waals surface area contributed by atoms with E-state index in [0.717, 1.165) is 11.9 Å². The lowest BCUT2D eigenvalue weighted by Crippen LogP contribution is -2.43. The van der Waals surface area contributed by atoms with Crippen LogP contribution in [0.25, 0.3) is 22.3 Å². The molecule has 0 spiro atoms. The summed E-state index contributed by atoms with van der Waals surface area (Å²) < 4.78 is 12.2. The Morgan fingerprint density at radius 1 is 0.833 bits per heavy atom. The maximum Gasteiger partial charge on any atom is 0.494 e. The average Bonchev–Trinajstić information content (AvgIpc) is 2.74. The quantitative estimate of drug-likeness (QED) is 0.436. The molecule has 30 heavy (non-hydrogen) atoms. The van der Waals surface area contributed by atoms with Gasteiger partial charge in [0.2, 0.25) is 0 Å². The van der Waals surface area contributed by atoms with Gasteiger partial charge in [0.1, 0.15) is 0 Å². The lowest BCUT2D eigenvalue weighted by Gasteiger charge is -2.28. The third-order valence-electron chi connectivity index (χ3n) is 5.65. The van der Waals surface area contributed by atoms with Gasteiger partial charge >= 0.3 is 7.12 Å². The van der Waals surface area contributed by atoms with E-state index in [4.69, 9.17) is 9.31 Å². The highest BCUT2D eigenvalue weighted by atomic mass is 16.6. The van der Waals surface area contributed by atoms with Crippen LogP contribution in [-0.2, 0) is 9.31 Å². The largest absolute Gasteiger partial charge is 0.494 e. The Balaban J connectivity index is 1.91. The Hall–Kier alpha value is -2.43. The van der Waals surface area contributed by atoms with Crippen molar-refractivity contribution in [2.45, 2.75) is 53.6 Å². The van der Waals surface area contributed by atoms with Gasteiger partial charge in [0.15, 0.2) is 0 Å². The molecule has 3 rings (SSSR count). The van der Waals surface area contributed by atoms with Gasteiger partial charge in [-0.15, -0.1) is 0 Å². The molecule has 156 valence electrons. The zero-order chi connectivity index (χ0) is 21.7. The van der Waals surface area contributed by atoms with Gasteiger partial charge in [-0.2, -0.15) is 0 Å². The molecule has 0 atom stereocenters. The fraction of sp³-hybridized carbons (Fsp3) is 0.346. The third kappa shape index (κ3) is 5.19.